The lowest BCUT2D eigenvalue weighted by Gasteiger charge is -2.03. The van der Waals surface area contributed by atoms with Crippen LogP contribution in [0.2, 0.25) is 0 Å². The van der Waals surface area contributed by atoms with Crippen LogP contribution in [-0.2, 0) is 0 Å². The fourth-order valence-electron chi connectivity index (χ4n) is 1.16. The quantitative estimate of drug-likeness (QED) is 0.906. The Balaban J connectivity index is 2.13. The molecular formula is C11H8BrNO2. The van der Waals surface area contributed by atoms with Gasteiger partial charge in [0.15, 0.2) is 0 Å². The molecule has 0 bridgehead atoms. The van der Waals surface area contributed by atoms with Gasteiger partial charge in [0.05, 0.1) is 11.8 Å². The first kappa shape index (κ1) is 9.98. The van der Waals surface area contributed by atoms with Crippen LogP contribution in [0.5, 0.6) is 0 Å². The van der Waals surface area contributed by atoms with Crippen LogP contribution in [0.25, 0.3) is 0 Å². The number of hydrogen-bond donors (Lipinski definition) is 1. The van der Waals surface area contributed by atoms with Gasteiger partial charge in [-0.3, -0.25) is 4.79 Å². The molecule has 0 radical (unpaired) electrons. The second-order valence-electron chi connectivity index (χ2n) is 2.98. The van der Waals surface area contributed by atoms with E-state index < -0.39 is 0 Å². The van der Waals surface area contributed by atoms with Crippen molar-refractivity contribution >= 4 is 27.5 Å². The molecule has 1 aromatic carbocycles. The van der Waals surface area contributed by atoms with E-state index in [-0.39, 0.29) is 5.91 Å². The summed E-state index contributed by atoms with van der Waals surface area (Å²) in [6, 6.07) is 9.02. The number of hydrogen-bond acceptors (Lipinski definition) is 2. The number of nitrogens with one attached hydrogen (secondary N) is 1. The zero-order valence-electron chi connectivity index (χ0n) is 7.74. The summed E-state index contributed by atoms with van der Waals surface area (Å²) in [5.41, 5.74) is 1.26. The highest BCUT2D eigenvalue weighted by molar-refractivity contribution is 9.10. The smallest absolute Gasteiger partial charge is 0.258 e. The molecule has 0 fully saturated rings. The van der Waals surface area contributed by atoms with E-state index in [2.05, 4.69) is 21.2 Å². The Morgan fingerprint density at radius 2 is 2.20 bits per heavy atom. The third kappa shape index (κ3) is 2.47. The van der Waals surface area contributed by atoms with Crippen molar-refractivity contribution in [2.45, 2.75) is 0 Å². The van der Waals surface area contributed by atoms with Crippen molar-refractivity contribution in [1.82, 2.24) is 0 Å². The minimum absolute atomic E-state index is 0.179. The fraction of sp³-hybridized carbons (Fsp3) is 0. The van der Waals surface area contributed by atoms with E-state index in [1.165, 1.54) is 12.5 Å². The fourth-order valence-corrected chi connectivity index (χ4v) is 1.56. The summed E-state index contributed by atoms with van der Waals surface area (Å²) in [6.07, 6.45) is 2.88. The first-order valence-corrected chi connectivity index (χ1v) is 5.14. The minimum Gasteiger partial charge on any atom is -0.472 e. The predicted molar refractivity (Wildman–Crippen MR) is 60.8 cm³/mol. The minimum atomic E-state index is -0.179. The van der Waals surface area contributed by atoms with Crippen LogP contribution >= 0.6 is 15.9 Å². The number of rotatable bonds is 2. The Morgan fingerprint density at radius 3 is 2.87 bits per heavy atom. The molecule has 1 heterocycles. The summed E-state index contributed by atoms with van der Waals surface area (Å²) in [6.45, 7) is 0. The maximum atomic E-state index is 11.6. The van der Waals surface area contributed by atoms with Crippen molar-refractivity contribution in [2.75, 3.05) is 5.32 Å². The molecule has 76 valence electrons. The highest BCUT2D eigenvalue weighted by atomic mass is 79.9. The highest BCUT2D eigenvalue weighted by Gasteiger charge is 2.06. The van der Waals surface area contributed by atoms with Crippen LogP contribution in [-0.4, -0.2) is 5.91 Å². The van der Waals surface area contributed by atoms with Crippen LogP contribution in [0, 0.1) is 0 Å². The molecule has 0 aliphatic carbocycles. The van der Waals surface area contributed by atoms with E-state index in [4.69, 9.17) is 4.42 Å². The van der Waals surface area contributed by atoms with Gasteiger partial charge in [-0.1, -0.05) is 22.0 Å². The molecule has 2 aromatic rings. The number of carbonyl (C=O) groups excluding carboxylic acids is 1. The van der Waals surface area contributed by atoms with Crippen molar-refractivity contribution < 1.29 is 9.21 Å². The third-order valence-electron chi connectivity index (χ3n) is 1.87. The summed E-state index contributed by atoms with van der Waals surface area (Å²) in [5.74, 6) is -0.179. The van der Waals surface area contributed by atoms with Crippen molar-refractivity contribution in [2.24, 2.45) is 0 Å². The van der Waals surface area contributed by atoms with Gasteiger partial charge in [-0.15, -0.1) is 0 Å². The van der Waals surface area contributed by atoms with E-state index in [0.717, 1.165) is 10.2 Å². The molecule has 0 saturated heterocycles. The van der Waals surface area contributed by atoms with Gasteiger partial charge in [-0.25, -0.2) is 0 Å². The van der Waals surface area contributed by atoms with Crippen LogP contribution < -0.4 is 5.32 Å². The summed E-state index contributed by atoms with van der Waals surface area (Å²) in [4.78, 5) is 11.6. The van der Waals surface area contributed by atoms with Crippen molar-refractivity contribution in [3.63, 3.8) is 0 Å². The molecule has 1 amide bonds. The Bertz CT molecular complexity index is 465. The normalized spacial score (nSPS) is 9.93. The van der Waals surface area contributed by atoms with E-state index >= 15 is 0 Å². The molecule has 0 aliphatic heterocycles. The molecule has 1 N–H and O–H groups in total. The zero-order chi connectivity index (χ0) is 10.7. The van der Waals surface area contributed by atoms with Gasteiger partial charge in [0, 0.05) is 10.2 Å². The molecule has 0 spiro atoms. The lowest BCUT2D eigenvalue weighted by atomic mass is 10.3. The number of amides is 1. The van der Waals surface area contributed by atoms with Crippen LogP contribution in [0.15, 0.2) is 51.7 Å². The first-order chi connectivity index (χ1) is 7.25. The highest BCUT2D eigenvalue weighted by Crippen LogP contribution is 2.16. The molecule has 0 unspecified atom stereocenters. The van der Waals surface area contributed by atoms with Gasteiger partial charge in [0.1, 0.15) is 6.26 Å². The van der Waals surface area contributed by atoms with Crippen LogP contribution in [0.1, 0.15) is 10.4 Å². The van der Waals surface area contributed by atoms with E-state index in [1.807, 2.05) is 24.3 Å². The van der Waals surface area contributed by atoms with Crippen molar-refractivity contribution in [3.8, 4) is 0 Å². The molecule has 4 heteroatoms. The number of furan rings is 1. The monoisotopic (exact) mass is 265 g/mol. The molecule has 2 rings (SSSR count). The zero-order valence-corrected chi connectivity index (χ0v) is 9.32. The number of benzene rings is 1. The first-order valence-electron chi connectivity index (χ1n) is 4.35. The average Bonchev–Trinajstić information content (AvgIpc) is 2.70. The van der Waals surface area contributed by atoms with Gasteiger partial charge >= 0.3 is 0 Å². The molecule has 1 aromatic heterocycles. The number of halogens is 1. The van der Waals surface area contributed by atoms with Gasteiger partial charge in [-0.2, -0.15) is 0 Å². The van der Waals surface area contributed by atoms with Gasteiger partial charge in [-0.05, 0) is 24.3 Å². The maximum Gasteiger partial charge on any atom is 0.258 e. The van der Waals surface area contributed by atoms with Gasteiger partial charge in [0.2, 0.25) is 0 Å². The lowest BCUT2D eigenvalue weighted by molar-refractivity contribution is 0.102. The molecular weight excluding hydrogens is 258 g/mol. The molecule has 0 saturated carbocycles. The van der Waals surface area contributed by atoms with Gasteiger partial charge < -0.3 is 9.73 Å². The third-order valence-corrected chi connectivity index (χ3v) is 2.36. The Labute approximate surface area is 95.2 Å². The summed E-state index contributed by atoms with van der Waals surface area (Å²) >= 11 is 3.33. The molecule has 3 nitrogen and oxygen atoms in total. The molecule has 0 atom stereocenters. The average molecular weight is 266 g/mol. The Kier molecular flexibility index (Phi) is 2.87. The summed E-state index contributed by atoms with van der Waals surface area (Å²) in [5, 5.41) is 2.76. The second kappa shape index (κ2) is 4.31. The standard InChI is InChI=1S/C11H8BrNO2/c12-9-2-1-3-10(6-9)13-11(14)8-4-5-15-7-8/h1-7H,(H,13,14). The largest absolute Gasteiger partial charge is 0.472 e. The lowest BCUT2D eigenvalue weighted by Crippen LogP contribution is -2.10. The predicted octanol–water partition coefficient (Wildman–Crippen LogP) is 3.29. The van der Waals surface area contributed by atoms with E-state index in [9.17, 15) is 4.79 Å². The molecule has 15 heavy (non-hydrogen) atoms. The van der Waals surface area contributed by atoms with Crippen LogP contribution in [0.3, 0.4) is 0 Å². The van der Waals surface area contributed by atoms with Gasteiger partial charge in [0.25, 0.3) is 5.91 Å². The Hall–Kier alpha value is -1.55. The summed E-state index contributed by atoms with van der Waals surface area (Å²) < 4.78 is 5.75. The molecule has 0 aliphatic rings. The number of anilines is 1. The maximum absolute atomic E-state index is 11.6. The topological polar surface area (TPSA) is 42.2 Å². The summed E-state index contributed by atoms with van der Waals surface area (Å²) in [7, 11) is 0. The van der Waals surface area contributed by atoms with E-state index in [0.29, 0.717) is 5.56 Å². The van der Waals surface area contributed by atoms with Crippen LogP contribution in [0.4, 0.5) is 5.69 Å². The number of carbonyl (C=O) groups is 1. The van der Waals surface area contributed by atoms with Crippen molar-refractivity contribution in [1.29, 1.82) is 0 Å². The van der Waals surface area contributed by atoms with Crippen molar-refractivity contribution in [3.05, 3.63) is 52.9 Å². The van der Waals surface area contributed by atoms with E-state index in [1.54, 1.807) is 6.07 Å². The second-order valence-corrected chi connectivity index (χ2v) is 3.89. The SMILES string of the molecule is O=C(Nc1cccc(Br)c1)c1ccoc1. The Morgan fingerprint density at radius 1 is 1.33 bits per heavy atom.